The van der Waals surface area contributed by atoms with Crippen molar-refractivity contribution >= 4 is 33.6 Å². The number of likely N-dealkylation sites (N-methyl/N-ethyl adjacent to an activating group) is 1. The number of nitrogens with zero attached hydrogens (tertiary/aromatic N) is 6. The van der Waals surface area contributed by atoms with Crippen LogP contribution in [0.5, 0.6) is 11.8 Å². The van der Waals surface area contributed by atoms with Crippen LogP contribution in [0.4, 0.5) is 19.4 Å². The SMILES string of the molecule is C#Cc1c(F)ccc2cc(OCOC)cc(-c3ncc4c(N5CCCCCN5C(=O)OC(C)(C)C)nc(OC[C@@]5(C)CCCN5CC)nc4c3F)c12. The standard InChI is InChI=1S/C39H46F2N6O5/c1-8-27-30(40)15-14-25-20-26(51-24-49-7)21-28(31(25)27)33-32(41)34-29(22-42-33)35(44-36(43-34)50-23-39(6)16-13-17-45(39)9-2)46-18-11-10-12-19-47(46)37(48)52-38(3,4)5/h1,14-15,20-22H,9-13,16-19,23-24H2,2-7H3/t39-/m1/s1. The molecular formula is C39H46F2N6O5. The van der Waals surface area contributed by atoms with Crippen LogP contribution in [0.25, 0.3) is 32.9 Å². The molecule has 52 heavy (non-hydrogen) atoms. The van der Waals surface area contributed by atoms with E-state index in [1.54, 1.807) is 44.0 Å². The monoisotopic (exact) mass is 716 g/mol. The van der Waals surface area contributed by atoms with Gasteiger partial charge in [0.2, 0.25) is 0 Å². The van der Waals surface area contributed by atoms with E-state index in [2.05, 4.69) is 34.6 Å². The quantitative estimate of drug-likeness (QED) is 0.128. The number of halogens is 2. The summed E-state index contributed by atoms with van der Waals surface area (Å²) < 4.78 is 55.4. The summed E-state index contributed by atoms with van der Waals surface area (Å²) in [6.07, 6.45) is 11.0. The van der Waals surface area contributed by atoms with E-state index in [-0.39, 0.29) is 58.5 Å². The second-order valence-corrected chi connectivity index (χ2v) is 14.5. The summed E-state index contributed by atoms with van der Waals surface area (Å²) in [5, 5.41) is 4.30. The molecule has 0 aliphatic carbocycles. The molecule has 2 aromatic carbocycles. The maximum atomic E-state index is 17.3. The van der Waals surface area contributed by atoms with Gasteiger partial charge in [0.05, 0.1) is 16.5 Å². The first-order valence-electron chi connectivity index (χ1n) is 17.7. The average molecular weight is 717 g/mol. The largest absolute Gasteiger partial charge is 0.468 e. The topological polar surface area (TPSA) is 102 Å². The molecule has 0 spiro atoms. The smallest absolute Gasteiger partial charge is 0.429 e. The van der Waals surface area contributed by atoms with Crippen LogP contribution < -0.4 is 14.5 Å². The number of aromatic nitrogens is 3. The Kier molecular flexibility index (Phi) is 10.7. The van der Waals surface area contributed by atoms with Crippen LogP contribution >= 0.6 is 0 Å². The minimum atomic E-state index is -0.802. The molecule has 0 radical (unpaired) electrons. The van der Waals surface area contributed by atoms with Crippen molar-refractivity contribution in [3.05, 3.63) is 47.7 Å². The van der Waals surface area contributed by atoms with Crippen molar-refractivity contribution in [3.8, 4) is 35.4 Å². The molecule has 0 N–H and O–H groups in total. The van der Waals surface area contributed by atoms with Gasteiger partial charge in [-0.15, -0.1) is 6.42 Å². The van der Waals surface area contributed by atoms with Crippen molar-refractivity contribution in [2.45, 2.75) is 77.9 Å². The summed E-state index contributed by atoms with van der Waals surface area (Å²) in [4.78, 5) is 30.0. The third-order valence-electron chi connectivity index (χ3n) is 9.61. The molecule has 13 heteroatoms. The number of terminal acetylenes is 1. The van der Waals surface area contributed by atoms with Crippen molar-refractivity contribution < 1.29 is 32.5 Å². The van der Waals surface area contributed by atoms with Crippen LogP contribution in [-0.2, 0) is 9.47 Å². The molecule has 0 saturated carbocycles. The number of benzene rings is 2. The van der Waals surface area contributed by atoms with E-state index in [9.17, 15) is 4.79 Å². The molecule has 11 nitrogen and oxygen atoms in total. The fourth-order valence-corrected chi connectivity index (χ4v) is 7.09. The molecule has 0 bridgehead atoms. The highest BCUT2D eigenvalue weighted by molar-refractivity contribution is 6.03. The zero-order valence-electron chi connectivity index (χ0n) is 30.7. The number of methoxy groups -OCH3 is 1. The summed E-state index contributed by atoms with van der Waals surface area (Å²) in [5.74, 6) is 1.59. The van der Waals surface area contributed by atoms with Gasteiger partial charge in [0, 0.05) is 37.3 Å². The van der Waals surface area contributed by atoms with Crippen LogP contribution in [-0.4, -0.2) is 88.8 Å². The van der Waals surface area contributed by atoms with E-state index in [1.807, 2.05) is 0 Å². The Morgan fingerprint density at radius 3 is 2.58 bits per heavy atom. The number of pyridine rings is 1. The molecule has 1 amide bonds. The average Bonchev–Trinajstić information content (AvgIpc) is 3.31. The maximum absolute atomic E-state index is 17.3. The lowest BCUT2D eigenvalue weighted by Crippen LogP contribution is -2.49. The molecule has 0 unspecified atom stereocenters. The van der Waals surface area contributed by atoms with Gasteiger partial charge >= 0.3 is 12.1 Å². The number of ether oxygens (including phenoxy) is 4. The molecule has 2 aliphatic heterocycles. The number of rotatable bonds is 9. The van der Waals surface area contributed by atoms with E-state index < -0.39 is 23.3 Å². The van der Waals surface area contributed by atoms with Gasteiger partial charge in [-0.2, -0.15) is 9.97 Å². The van der Waals surface area contributed by atoms with E-state index in [1.165, 1.54) is 24.4 Å². The first-order chi connectivity index (χ1) is 24.9. The van der Waals surface area contributed by atoms with E-state index >= 15 is 8.78 Å². The molecule has 276 valence electrons. The lowest BCUT2D eigenvalue weighted by Gasteiger charge is -2.36. The number of carbonyl (C=O) groups is 1. The minimum Gasteiger partial charge on any atom is -0.468 e. The van der Waals surface area contributed by atoms with E-state index in [0.717, 1.165) is 45.2 Å². The van der Waals surface area contributed by atoms with Crippen molar-refractivity contribution in [2.75, 3.05) is 51.7 Å². The number of anilines is 1. The molecule has 2 aliphatic rings. The van der Waals surface area contributed by atoms with Crippen molar-refractivity contribution in [2.24, 2.45) is 0 Å². The number of hydrazine groups is 1. The van der Waals surface area contributed by atoms with Crippen molar-refractivity contribution in [3.63, 3.8) is 0 Å². The third-order valence-corrected chi connectivity index (χ3v) is 9.61. The van der Waals surface area contributed by atoms with Crippen molar-refractivity contribution in [1.29, 1.82) is 0 Å². The zero-order chi connectivity index (χ0) is 37.2. The minimum absolute atomic E-state index is 0.0395. The third kappa shape index (κ3) is 7.41. The van der Waals surface area contributed by atoms with Gasteiger partial charge in [-0.25, -0.2) is 18.6 Å². The molecule has 1 atom stereocenters. The zero-order valence-corrected chi connectivity index (χ0v) is 30.7. The highest BCUT2D eigenvalue weighted by Gasteiger charge is 2.37. The Balaban J connectivity index is 1.56. The summed E-state index contributed by atoms with van der Waals surface area (Å²) in [6, 6.07) is 5.99. The van der Waals surface area contributed by atoms with Crippen LogP contribution in [0, 0.1) is 24.0 Å². The summed E-state index contributed by atoms with van der Waals surface area (Å²) in [6.45, 7) is 12.4. The highest BCUT2D eigenvalue weighted by atomic mass is 19.1. The number of amides is 1. The number of carbonyl (C=O) groups excluding carboxylic acids is 1. The van der Waals surface area contributed by atoms with Gasteiger partial charge in [-0.3, -0.25) is 14.9 Å². The lowest BCUT2D eigenvalue weighted by molar-refractivity contribution is 0.0232. The summed E-state index contributed by atoms with van der Waals surface area (Å²) >= 11 is 0. The first kappa shape index (κ1) is 37.0. The molecule has 6 rings (SSSR count). The van der Waals surface area contributed by atoms with Crippen molar-refractivity contribution in [1.82, 2.24) is 24.9 Å². The van der Waals surface area contributed by atoms with Gasteiger partial charge in [-0.1, -0.05) is 18.9 Å². The van der Waals surface area contributed by atoms with Crippen LogP contribution in [0.15, 0.2) is 30.5 Å². The first-order valence-corrected chi connectivity index (χ1v) is 17.7. The predicted molar refractivity (Wildman–Crippen MR) is 195 cm³/mol. The molecule has 2 aromatic heterocycles. The Morgan fingerprint density at radius 2 is 1.85 bits per heavy atom. The van der Waals surface area contributed by atoms with E-state index in [0.29, 0.717) is 29.6 Å². The number of hydrogen-bond acceptors (Lipinski definition) is 10. The lowest BCUT2D eigenvalue weighted by atomic mass is 9.95. The van der Waals surface area contributed by atoms with Crippen LogP contribution in [0.2, 0.25) is 0 Å². The van der Waals surface area contributed by atoms with E-state index in [4.69, 9.17) is 30.4 Å². The summed E-state index contributed by atoms with van der Waals surface area (Å²) in [7, 11) is 1.48. The predicted octanol–water partition coefficient (Wildman–Crippen LogP) is 7.48. The second-order valence-electron chi connectivity index (χ2n) is 14.5. The number of hydrogen-bond donors (Lipinski definition) is 0. The van der Waals surface area contributed by atoms with Gasteiger partial charge in [0.25, 0.3) is 0 Å². The fourth-order valence-electron chi connectivity index (χ4n) is 7.09. The van der Waals surface area contributed by atoms with Crippen LogP contribution in [0.3, 0.4) is 0 Å². The maximum Gasteiger partial charge on any atom is 0.429 e. The molecular weight excluding hydrogens is 670 g/mol. The van der Waals surface area contributed by atoms with Gasteiger partial charge in [0.1, 0.15) is 35.0 Å². The molecule has 4 aromatic rings. The fraction of sp³-hybridized carbons (Fsp3) is 0.487. The molecule has 4 heterocycles. The van der Waals surface area contributed by atoms with Gasteiger partial charge in [0.15, 0.2) is 18.4 Å². The second kappa shape index (κ2) is 15.0. The number of fused-ring (bicyclic) bond motifs is 2. The Hall–Kier alpha value is -4.80. The highest BCUT2D eigenvalue weighted by Crippen LogP contribution is 2.40. The molecule has 2 saturated heterocycles. The normalized spacial score (nSPS) is 18.4. The van der Waals surface area contributed by atoms with Crippen LogP contribution in [0.1, 0.15) is 72.3 Å². The molecule has 2 fully saturated rings. The van der Waals surface area contributed by atoms with Gasteiger partial charge in [-0.05, 0) is 96.5 Å². The Morgan fingerprint density at radius 1 is 1.06 bits per heavy atom. The summed E-state index contributed by atoms with van der Waals surface area (Å²) in [5.41, 5.74) is -1.06. The Bertz CT molecular complexity index is 2010. The number of likely N-dealkylation sites (tertiary alicyclic amines) is 1. The van der Waals surface area contributed by atoms with Gasteiger partial charge < -0.3 is 18.9 Å². The Labute approximate surface area is 303 Å².